The lowest BCUT2D eigenvalue weighted by Crippen LogP contribution is -2.34. The van der Waals surface area contributed by atoms with Crippen LogP contribution in [0.1, 0.15) is 11.1 Å². The zero-order valence-electron chi connectivity index (χ0n) is 17.7. The van der Waals surface area contributed by atoms with E-state index in [9.17, 15) is 9.59 Å². The minimum atomic E-state index is -0.171. The molecule has 31 heavy (non-hydrogen) atoms. The highest BCUT2D eigenvalue weighted by Crippen LogP contribution is 2.37. The summed E-state index contributed by atoms with van der Waals surface area (Å²) in [5.41, 5.74) is 5.17. The van der Waals surface area contributed by atoms with Crippen LogP contribution in [0.15, 0.2) is 71.5 Å². The Labute approximate surface area is 181 Å². The second kappa shape index (κ2) is 8.49. The molecule has 2 aromatic carbocycles. The summed E-state index contributed by atoms with van der Waals surface area (Å²) in [6.07, 6.45) is 3.18. The van der Waals surface area contributed by atoms with Crippen LogP contribution in [0, 0.1) is 0 Å². The number of likely N-dealkylation sites (N-methyl/N-ethyl adjacent to an activating group) is 2. The van der Waals surface area contributed by atoms with Gasteiger partial charge in [-0.2, -0.15) is 0 Å². The van der Waals surface area contributed by atoms with Gasteiger partial charge in [0, 0.05) is 35.2 Å². The van der Waals surface area contributed by atoms with E-state index in [1.54, 1.807) is 24.5 Å². The number of amides is 2. The number of para-hydroxylation sites is 1. The van der Waals surface area contributed by atoms with E-state index in [0.717, 1.165) is 28.2 Å². The number of carbonyl (C=O) groups is 2. The third-order valence-electron chi connectivity index (χ3n) is 5.08. The fourth-order valence-electron chi connectivity index (χ4n) is 3.48. The predicted molar refractivity (Wildman–Crippen MR) is 123 cm³/mol. The second-order valence-electron chi connectivity index (χ2n) is 7.62. The molecule has 158 valence electrons. The molecule has 1 aliphatic rings. The Bertz CT molecular complexity index is 1130. The maximum atomic E-state index is 12.8. The zero-order valence-corrected chi connectivity index (χ0v) is 17.7. The highest BCUT2D eigenvalue weighted by Gasteiger charge is 2.28. The van der Waals surface area contributed by atoms with E-state index in [2.05, 4.69) is 10.6 Å². The van der Waals surface area contributed by atoms with E-state index >= 15 is 0 Å². The first-order valence-electron chi connectivity index (χ1n) is 9.90. The summed E-state index contributed by atoms with van der Waals surface area (Å²) >= 11 is 0. The van der Waals surface area contributed by atoms with Gasteiger partial charge in [-0.15, -0.1) is 0 Å². The summed E-state index contributed by atoms with van der Waals surface area (Å²) in [5, 5.41) is 6.28. The Kier molecular flexibility index (Phi) is 5.60. The third-order valence-corrected chi connectivity index (χ3v) is 5.08. The molecule has 0 radical (unpaired) electrons. The van der Waals surface area contributed by atoms with Gasteiger partial charge in [0.25, 0.3) is 5.91 Å². The first-order valence-corrected chi connectivity index (χ1v) is 9.90. The van der Waals surface area contributed by atoms with Gasteiger partial charge in [0.1, 0.15) is 0 Å². The largest absolute Gasteiger partial charge is 0.472 e. The van der Waals surface area contributed by atoms with Crippen LogP contribution in [0.2, 0.25) is 0 Å². The fourth-order valence-corrected chi connectivity index (χ4v) is 3.48. The van der Waals surface area contributed by atoms with Crippen molar-refractivity contribution in [3.05, 3.63) is 78.3 Å². The van der Waals surface area contributed by atoms with Crippen molar-refractivity contribution in [3.8, 4) is 0 Å². The van der Waals surface area contributed by atoms with Gasteiger partial charge in [0.15, 0.2) is 0 Å². The van der Waals surface area contributed by atoms with Crippen molar-refractivity contribution in [1.82, 2.24) is 4.90 Å². The van der Waals surface area contributed by atoms with Crippen LogP contribution in [0.4, 0.5) is 17.1 Å². The van der Waals surface area contributed by atoms with Gasteiger partial charge in [-0.1, -0.05) is 18.2 Å². The topological polar surface area (TPSA) is 77.8 Å². The summed E-state index contributed by atoms with van der Waals surface area (Å²) in [7, 11) is 5.48. The molecular weight excluding hydrogens is 392 g/mol. The van der Waals surface area contributed by atoms with E-state index in [1.807, 2.05) is 73.6 Å². The second-order valence-corrected chi connectivity index (χ2v) is 7.62. The SMILES string of the molecule is CN(C)CC(=O)N(C)c1ccc(NC(=C2C(=O)Nc3ccccc32)c2ccoc2)cc1. The molecule has 0 saturated carbocycles. The number of benzene rings is 2. The fraction of sp³-hybridized carbons (Fsp3) is 0.167. The minimum Gasteiger partial charge on any atom is -0.472 e. The van der Waals surface area contributed by atoms with Gasteiger partial charge in [0.05, 0.1) is 30.3 Å². The van der Waals surface area contributed by atoms with Crippen molar-refractivity contribution in [1.29, 1.82) is 0 Å². The number of furan rings is 1. The van der Waals surface area contributed by atoms with Crippen LogP contribution in [0.3, 0.4) is 0 Å². The third kappa shape index (κ3) is 4.22. The van der Waals surface area contributed by atoms with Crippen molar-refractivity contribution in [3.63, 3.8) is 0 Å². The monoisotopic (exact) mass is 416 g/mol. The van der Waals surface area contributed by atoms with Crippen molar-refractivity contribution in [2.24, 2.45) is 0 Å². The molecule has 3 aromatic rings. The molecule has 0 unspecified atom stereocenters. The number of nitrogens with one attached hydrogen (secondary N) is 2. The number of rotatable bonds is 6. The van der Waals surface area contributed by atoms with Crippen LogP contribution in [-0.2, 0) is 9.59 Å². The number of hydrogen-bond donors (Lipinski definition) is 2. The molecular formula is C24H24N4O3. The summed E-state index contributed by atoms with van der Waals surface area (Å²) in [4.78, 5) is 28.5. The molecule has 7 nitrogen and oxygen atoms in total. The predicted octanol–water partition coefficient (Wildman–Crippen LogP) is 3.74. The average molecular weight is 416 g/mol. The smallest absolute Gasteiger partial charge is 0.258 e. The zero-order chi connectivity index (χ0) is 22.0. The molecule has 0 saturated heterocycles. The van der Waals surface area contributed by atoms with E-state index in [-0.39, 0.29) is 11.8 Å². The number of nitrogens with zero attached hydrogens (tertiary/aromatic N) is 2. The maximum absolute atomic E-state index is 12.8. The average Bonchev–Trinajstić information content (AvgIpc) is 3.39. The van der Waals surface area contributed by atoms with E-state index in [0.29, 0.717) is 17.8 Å². The van der Waals surface area contributed by atoms with Gasteiger partial charge in [0.2, 0.25) is 5.91 Å². The first kappa shape index (κ1) is 20.4. The first-order chi connectivity index (χ1) is 14.9. The van der Waals surface area contributed by atoms with Gasteiger partial charge in [-0.25, -0.2) is 0 Å². The van der Waals surface area contributed by atoms with E-state index < -0.39 is 0 Å². The van der Waals surface area contributed by atoms with Crippen LogP contribution in [0.25, 0.3) is 11.3 Å². The van der Waals surface area contributed by atoms with Gasteiger partial charge in [-0.05, 0) is 50.5 Å². The highest BCUT2D eigenvalue weighted by molar-refractivity contribution is 6.37. The van der Waals surface area contributed by atoms with E-state index in [4.69, 9.17) is 4.42 Å². The lowest BCUT2D eigenvalue weighted by molar-refractivity contribution is -0.119. The molecule has 0 spiro atoms. The molecule has 2 heterocycles. The summed E-state index contributed by atoms with van der Waals surface area (Å²) < 4.78 is 5.27. The number of carbonyl (C=O) groups excluding carboxylic acids is 2. The van der Waals surface area contributed by atoms with Crippen LogP contribution in [0.5, 0.6) is 0 Å². The Balaban J connectivity index is 1.66. The quantitative estimate of drug-likeness (QED) is 0.599. The Morgan fingerprint density at radius 2 is 1.77 bits per heavy atom. The molecule has 0 bridgehead atoms. The van der Waals surface area contributed by atoms with Crippen molar-refractivity contribution in [2.75, 3.05) is 43.2 Å². The highest BCUT2D eigenvalue weighted by atomic mass is 16.3. The standard InChI is InChI=1S/C24H24N4O3/c1-27(2)14-21(29)28(3)18-10-8-17(9-11-18)25-23(16-12-13-31-15-16)22-19-6-4-5-7-20(19)26-24(22)30/h4-13,15,25H,14H2,1-3H3,(H,26,30). The lowest BCUT2D eigenvalue weighted by atomic mass is 10.0. The Morgan fingerprint density at radius 3 is 2.45 bits per heavy atom. The van der Waals surface area contributed by atoms with Crippen LogP contribution in [-0.4, -0.2) is 44.4 Å². The molecule has 2 N–H and O–H groups in total. The molecule has 4 rings (SSSR count). The van der Waals surface area contributed by atoms with Crippen LogP contribution >= 0.6 is 0 Å². The summed E-state index contributed by atoms with van der Waals surface area (Å²) in [6, 6.07) is 16.9. The Morgan fingerprint density at radius 1 is 1.03 bits per heavy atom. The lowest BCUT2D eigenvalue weighted by Gasteiger charge is -2.20. The van der Waals surface area contributed by atoms with Gasteiger partial charge in [-0.3, -0.25) is 9.59 Å². The van der Waals surface area contributed by atoms with E-state index in [1.165, 1.54) is 0 Å². The molecule has 0 atom stereocenters. The molecule has 1 aliphatic heterocycles. The molecule has 1 aromatic heterocycles. The van der Waals surface area contributed by atoms with Crippen molar-refractivity contribution in [2.45, 2.75) is 0 Å². The molecule has 7 heteroatoms. The minimum absolute atomic E-state index is 0.00569. The Hall–Kier alpha value is -3.84. The number of fused-ring (bicyclic) bond motifs is 1. The van der Waals surface area contributed by atoms with Gasteiger partial charge >= 0.3 is 0 Å². The number of hydrogen-bond acceptors (Lipinski definition) is 5. The molecule has 0 aliphatic carbocycles. The maximum Gasteiger partial charge on any atom is 0.258 e. The number of anilines is 3. The molecule has 0 fully saturated rings. The van der Waals surface area contributed by atoms with Crippen molar-refractivity contribution < 1.29 is 14.0 Å². The normalized spacial score (nSPS) is 14.3. The molecule has 2 amide bonds. The summed E-state index contributed by atoms with van der Waals surface area (Å²) in [5.74, 6) is -0.165. The summed E-state index contributed by atoms with van der Waals surface area (Å²) in [6.45, 7) is 0.335. The van der Waals surface area contributed by atoms with Gasteiger partial charge < -0.3 is 24.9 Å². The van der Waals surface area contributed by atoms with Crippen molar-refractivity contribution >= 4 is 40.1 Å². The van der Waals surface area contributed by atoms with Crippen LogP contribution < -0.4 is 15.5 Å².